The number of nitrogens with zero attached hydrogens (tertiary/aromatic N) is 1. The summed E-state index contributed by atoms with van der Waals surface area (Å²) in [5.74, 6) is 0.238. The Morgan fingerprint density at radius 3 is 2.75 bits per heavy atom. The van der Waals surface area contributed by atoms with E-state index in [0.717, 1.165) is 11.1 Å². The van der Waals surface area contributed by atoms with E-state index in [-0.39, 0.29) is 5.75 Å². The Balaban J connectivity index is 3.03. The predicted octanol–water partition coefficient (Wildman–Crippen LogP) is 2.11. The minimum Gasteiger partial charge on any atom is -0.507 e. The van der Waals surface area contributed by atoms with E-state index in [1.54, 1.807) is 31.5 Å². The Morgan fingerprint density at radius 1 is 1.50 bits per heavy atom. The van der Waals surface area contributed by atoms with Gasteiger partial charge in [-0.15, -0.1) is 0 Å². The summed E-state index contributed by atoms with van der Waals surface area (Å²) in [7, 11) is 1.67. The van der Waals surface area contributed by atoms with Gasteiger partial charge in [-0.2, -0.15) is 0 Å². The summed E-state index contributed by atoms with van der Waals surface area (Å²) in [4.78, 5) is 3.82. The van der Waals surface area contributed by atoms with Gasteiger partial charge in [-0.25, -0.2) is 0 Å². The Kier molecular flexibility index (Phi) is 2.64. The second-order valence-electron chi connectivity index (χ2n) is 2.43. The van der Waals surface area contributed by atoms with E-state index in [1.165, 1.54) is 0 Å². The number of phenolic OH excluding ortho intramolecular Hbond substituents is 1. The third kappa shape index (κ3) is 1.72. The van der Waals surface area contributed by atoms with Crippen molar-refractivity contribution in [1.29, 1.82) is 0 Å². The highest BCUT2D eigenvalue weighted by atomic mass is 16.3. The molecular formula is C10H11NO. The summed E-state index contributed by atoms with van der Waals surface area (Å²) in [5.41, 5.74) is 1.44. The number of hydrogen-bond donors (Lipinski definition) is 1. The highest BCUT2D eigenvalue weighted by Gasteiger charge is 2.00. The molecule has 1 rings (SSSR count). The van der Waals surface area contributed by atoms with Crippen LogP contribution in [-0.2, 0) is 0 Å². The molecule has 0 aromatic heterocycles. The van der Waals surface area contributed by atoms with Gasteiger partial charge in [-0.05, 0) is 11.6 Å². The van der Waals surface area contributed by atoms with E-state index in [4.69, 9.17) is 0 Å². The SMILES string of the molecule is C=C(C=NC)c1ccccc1O. The van der Waals surface area contributed by atoms with Crippen LogP contribution in [0.15, 0.2) is 35.8 Å². The maximum Gasteiger partial charge on any atom is 0.123 e. The molecule has 1 aromatic carbocycles. The fourth-order valence-corrected chi connectivity index (χ4v) is 0.971. The van der Waals surface area contributed by atoms with Gasteiger partial charge in [0.25, 0.3) is 0 Å². The molecule has 2 heteroatoms. The number of aliphatic imine (C=N–C) groups is 1. The minimum atomic E-state index is 0.238. The van der Waals surface area contributed by atoms with Crippen LogP contribution in [0.5, 0.6) is 5.75 Å². The summed E-state index contributed by atoms with van der Waals surface area (Å²) >= 11 is 0. The number of aromatic hydroxyl groups is 1. The first-order valence-electron chi connectivity index (χ1n) is 3.65. The second kappa shape index (κ2) is 3.72. The van der Waals surface area contributed by atoms with Crippen LogP contribution in [0.25, 0.3) is 5.57 Å². The van der Waals surface area contributed by atoms with Crippen LogP contribution in [0, 0.1) is 0 Å². The molecule has 0 atom stereocenters. The van der Waals surface area contributed by atoms with Gasteiger partial charge in [0.15, 0.2) is 0 Å². The molecule has 1 N–H and O–H groups in total. The van der Waals surface area contributed by atoms with Gasteiger partial charge in [-0.3, -0.25) is 4.99 Å². The smallest absolute Gasteiger partial charge is 0.123 e. The van der Waals surface area contributed by atoms with Gasteiger partial charge in [0.2, 0.25) is 0 Å². The van der Waals surface area contributed by atoms with Crippen LogP contribution in [0.3, 0.4) is 0 Å². The maximum absolute atomic E-state index is 9.39. The normalized spacial score (nSPS) is 10.4. The molecule has 12 heavy (non-hydrogen) atoms. The van der Waals surface area contributed by atoms with Gasteiger partial charge >= 0.3 is 0 Å². The Labute approximate surface area is 71.9 Å². The Hall–Kier alpha value is -1.57. The van der Waals surface area contributed by atoms with E-state index in [0.29, 0.717) is 0 Å². The molecule has 1 aromatic rings. The summed E-state index contributed by atoms with van der Waals surface area (Å²) in [6, 6.07) is 7.06. The first-order valence-corrected chi connectivity index (χ1v) is 3.65. The molecule has 0 saturated carbocycles. The van der Waals surface area contributed by atoms with E-state index in [9.17, 15) is 5.11 Å². The van der Waals surface area contributed by atoms with Crippen molar-refractivity contribution in [2.75, 3.05) is 7.05 Å². The van der Waals surface area contributed by atoms with Crippen molar-refractivity contribution in [3.8, 4) is 5.75 Å². The van der Waals surface area contributed by atoms with Crippen LogP contribution in [-0.4, -0.2) is 18.4 Å². The topological polar surface area (TPSA) is 32.6 Å². The second-order valence-corrected chi connectivity index (χ2v) is 2.43. The molecule has 62 valence electrons. The standard InChI is InChI=1S/C10H11NO/c1-8(7-11-2)9-5-3-4-6-10(9)12/h3-7,12H,1H2,2H3. The molecule has 0 unspecified atom stereocenters. The van der Waals surface area contributed by atoms with E-state index in [2.05, 4.69) is 11.6 Å². The number of hydrogen-bond acceptors (Lipinski definition) is 2. The van der Waals surface area contributed by atoms with Crippen molar-refractivity contribution in [1.82, 2.24) is 0 Å². The Bertz CT molecular complexity index is 315. The van der Waals surface area contributed by atoms with Crippen LogP contribution < -0.4 is 0 Å². The lowest BCUT2D eigenvalue weighted by Crippen LogP contribution is -1.83. The number of allylic oxidation sites excluding steroid dienone is 1. The quantitative estimate of drug-likeness (QED) is 0.662. The largest absolute Gasteiger partial charge is 0.507 e. The van der Waals surface area contributed by atoms with Crippen molar-refractivity contribution in [2.24, 2.45) is 4.99 Å². The van der Waals surface area contributed by atoms with E-state index < -0.39 is 0 Å². The van der Waals surface area contributed by atoms with Gasteiger partial charge in [0.1, 0.15) is 5.75 Å². The molecule has 0 saturated heterocycles. The van der Waals surface area contributed by atoms with Crippen molar-refractivity contribution in [2.45, 2.75) is 0 Å². The van der Waals surface area contributed by atoms with Crippen molar-refractivity contribution in [3.63, 3.8) is 0 Å². The van der Waals surface area contributed by atoms with Crippen molar-refractivity contribution in [3.05, 3.63) is 36.4 Å². The first-order chi connectivity index (χ1) is 5.75. The third-order valence-corrected chi connectivity index (χ3v) is 1.53. The summed E-state index contributed by atoms with van der Waals surface area (Å²) in [6.45, 7) is 3.77. The molecule has 0 bridgehead atoms. The lowest BCUT2D eigenvalue weighted by Gasteiger charge is -2.01. The van der Waals surface area contributed by atoms with Gasteiger partial charge < -0.3 is 5.11 Å². The average Bonchev–Trinajstić information content (AvgIpc) is 2.05. The third-order valence-electron chi connectivity index (χ3n) is 1.53. The molecule has 2 nitrogen and oxygen atoms in total. The van der Waals surface area contributed by atoms with Crippen LogP contribution in [0.4, 0.5) is 0 Å². The minimum absolute atomic E-state index is 0.238. The van der Waals surface area contributed by atoms with Crippen molar-refractivity contribution >= 4 is 11.8 Å². The molecule has 0 aliphatic rings. The fraction of sp³-hybridized carbons (Fsp3) is 0.100. The number of para-hydroxylation sites is 1. The van der Waals surface area contributed by atoms with E-state index >= 15 is 0 Å². The van der Waals surface area contributed by atoms with Gasteiger partial charge in [-0.1, -0.05) is 24.8 Å². The van der Waals surface area contributed by atoms with Gasteiger partial charge in [0.05, 0.1) is 0 Å². The van der Waals surface area contributed by atoms with Crippen molar-refractivity contribution < 1.29 is 5.11 Å². The zero-order valence-electron chi connectivity index (χ0n) is 6.99. The highest BCUT2D eigenvalue weighted by Crippen LogP contribution is 2.21. The van der Waals surface area contributed by atoms with Crippen LogP contribution in [0.2, 0.25) is 0 Å². The number of benzene rings is 1. The maximum atomic E-state index is 9.39. The zero-order valence-corrected chi connectivity index (χ0v) is 6.99. The molecule has 0 heterocycles. The number of phenols is 1. The molecule has 0 aliphatic heterocycles. The lowest BCUT2D eigenvalue weighted by atomic mass is 10.1. The summed E-state index contributed by atoms with van der Waals surface area (Å²) < 4.78 is 0. The fourth-order valence-electron chi connectivity index (χ4n) is 0.971. The molecule has 0 radical (unpaired) electrons. The Morgan fingerprint density at radius 2 is 2.17 bits per heavy atom. The van der Waals surface area contributed by atoms with E-state index in [1.807, 2.05) is 6.07 Å². The van der Waals surface area contributed by atoms with Crippen LogP contribution in [0.1, 0.15) is 5.56 Å². The number of rotatable bonds is 2. The molecular weight excluding hydrogens is 150 g/mol. The molecule has 0 spiro atoms. The monoisotopic (exact) mass is 161 g/mol. The summed E-state index contributed by atoms with van der Waals surface area (Å²) in [6.07, 6.45) is 1.62. The zero-order chi connectivity index (χ0) is 8.97. The molecule has 0 fully saturated rings. The first kappa shape index (κ1) is 8.53. The predicted molar refractivity (Wildman–Crippen MR) is 51.6 cm³/mol. The van der Waals surface area contributed by atoms with Gasteiger partial charge in [0, 0.05) is 18.8 Å². The average molecular weight is 161 g/mol. The highest BCUT2D eigenvalue weighted by molar-refractivity contribution is 6.09. The molecule has 0 aliphatic carbocycles. The lowest BCUT2D eigenvalue weighted by molar-refractivity contribution is 0.474. The van der Waals surface area contributed by atoms with Crippen LogP contribution >= 0.6 is 0 Å². The molecule has 0 amide bonds. The summed E-state index contributed by atoms with van der Waals surface area (Å²) in [5, 5.41) is 9.39.